The van der Waals surface area contributed by atoms with Crippen LogP contribution >= 0.6 is 11.3 Å². The number of nitrogens with one attached hydrogen (secondary N) is 1. The fourth-order valence-corrected chi connectivity index (χ4v) is 2.63. The van der Waals surface area contributed by atoms with Crippen molar-refractivity contribution in [2.24, 2.45) is 0 Å². The number of halogens is 1. The zero-order chi connectivity index (χ0) is 14.5. The summed E-state index contributed by atoms with van der Waals surface area (Å²) in [7, 11) is 3.82. The zero-order valence-corrected chi connectivity index (χ0v) is 12.3. The summed E-state index contributed by atoms with van der Waals surface area (Å²) in [6.45, 7) is 0.436. The van der Waals surface area contributed by atoms with Gasteiger partial charge in [0.25, 0.3) is 5.91 Å². The summed E-state index contributed by atoms with van der Waals surface area (Å²) < 4.78 is 13.3. The summed E-state index contributed by atoms with van der Waals surface area (Å²) in [5, 5.41) is 6.56. The number of thiophene rings is 1. The number of carbonyl (C=O) groups excluding carboxylic acids is 1. The third kappa shape index (κ3) is 3.65. The Morgan fingerprint density at radius 1 is 1.40 bits per heavy atom. The minimum Gasteiger partial charge on any atom is -0.350 e. The number of nitrogens with zero attached hydrogens (tertiary/aromatic N) is 1. The molecule has 1 atom stereocenters. The van der Waals surface area contributed by atoms with Gasteiger partial charge < -0.3 is 10.2 Å². The van der Waals surface area contributed by atoms with Gasteiger partial charge in [-0.1, -0.05) is 12.1 Å². The quantitative estimate of drug-likeness (QED) is 0.919. The Labute approximate surface area is 122 Å². The number of rotatable bonds is 5. The second kappa shape index (κ2) is 6.63. The molecule has 0 saturated carbocycles. The number of hydrogen-bond donors (Lipinski definition) is 1. The average Bonchev–Trinajstić information content (AvgIpc) is 2.92. The second-order valence-electron chi connectivity index (χ2n) is 4.76. The van der Waals surface area contributed by atoms with Gasteiger partial charge in [-0.3, -0.25) is 4.79 Å². The highest BCUT2D eigenvalue weighted by Crippen LogP contribution is 2.18. The summed E-state index contributed by atoms with van der Waals surface area (Å²) in [6.07, 6.45) is 0. The maximum atomic E-state index is 13.3. The molecular formula is C15H17FN2OS. The van der Waals surface area contributed by atoms with Crippen molar-refractivity contribution in [3.05, 3.63) is 58.0 Å². The molecule has 1 amide bonds. The Kier molecular flexibility index (Phi) is 4.87. The highest BCUT2D eigenvalue weighted by atomic mass is 32.1. The third-order valence-electron chi connectivity index (χ3n) is 3.10. The lowest BCUT2D eigenvalue weighted by Crippen LogP contribution is -2.34. The van der Waals surface area contributed by atoms with Gasteiger partial charge >= 0.3 is 0 Å². The molecule has 0 aliphatic heterocycles. The number of carbonyl (C=O) groups is 1. The summed E-state index contributed by atoms with van der Waals surface area (Å²) in [5.41, 5.74) is 1.51. The molecule has 0 spiro atoms. The van der Waals surface area contributed by atoms with E-state index >= 15 is 0 Å². The van der Waals surface area contributed by atoms with Gasteiger partial charge in [-0.25, -0.2) is 4.39 Å². The van der Waals surface area contributed by atoms with Gasteiger partial charge in [0.2, 0.25) is 0 Å². The van der Waals surface area contributed by atoms with E-state index in [1.54, 1.807) is 12.1 Å². The van der Waals surface area contributed by atoms with Crippen molar-refractivity contribution in [2.45, 2.75) is 6.04 Å². The standard InChI is InChI=1S/C15H17FN2OS/c1-18(2)14(11-4-3-5-13(16)8-11)9-17-15(19)12-6-7-20-10-12/h3-8,10,14H,9H2,1-2H3,(H,17,19)/t14-/m0/s1. The molecule has 0 saturated heterocycles. The van der Waals surface area contributed by atoms with Crippen LogP contribution in [0.4, 0.5) is 4.39 Å². The van der Waals surface area contributed by atoms with Gasteiger partial charge in [0, 0.05) is 17.5 Å². The van der Waals surface area contributed by atoms with E-state index < -0.39 is 0 Å². The van der Waals surface area contributed by atoms with Gasteiger partial charge in [0.05, 0.1) is 6.04 Å². The second-order valence-corrected chi connectivity index (χ2v) is 5.54. The van der Waals surface area contributed by atoms with E-state index in [9.17, 15) is 9.18 Å². The molecule has 20 heavy (non-hydrogen) atoms. The Balaban J connectivity index is 2.05. The average molecular weight is 292 g/mol. The number of benzene rings is 1. The van der Waals surface area contributed by atoms with E-state index in [1.807, 2.05) is 35.8 Å². The van der Waals surface area contributed by atoms with E-state index in [4.69, 9.17) is 0 Å². The van der Waals surface area contributed by atoms with Crippen LogP contribution in [0.3, 0.4) is 0 Å². The highest BCUT2D eigenvalue weighted by molar-refractivity contribution is 7.08. The Morgan fingerprint density at radius 2 is 2.20 bits per heavy atom. The molecular weight excluding hydrogens is 275 g/mol. The van der Waals surface area contributed by atoms with Crippen molar-refractivity contribution >= 4 is 17.2 Å². The van der Waals surface area contributed by atoms with Gasteiger partial charge in [-0.15, -0.1) is 0 Å². The van der Waals surface area contributed by atoms with Crippen molar-refractivity contribution in [3.63, 3.8) is 0 Å². The molecule has 0 aliphatic rings. The summed E-state index contributed by atoms with van der Waals surface area (Å²) in [6, 6.07) is 8.19. The van der Waals surface area contributed by atoms with E-state index in [0.29, 0.717) is 12.1 Å². The SMILES string of the molecule is CN(C)[C@@H](CNC(=O)c1ccsc1)c1cccc(F)c1. The lowest BCUT2D eigenvalue weighted by atomic mass is 10.1. The lowest BCUT2D eigenvalue weighted by molar-refractivity contribution is 0.0942. The van der Waals surface area contributed by atoms with Gasteiger partial charge in [-0.2, -0.15) is 11.3 Å². The number of likely N-dealkylation sites (N-methyl/N-ethyl adjacent to an activating group) is 1. The predicted octanol–water partition coefficient (Wildman–Crippen LogP) is 2.92. The maximum absolute atomic E-state index is 13.3. The maximum Gasteiger partial charge on any atom is 0.252 e. The smallest absolute Gasteiger partial charge is 0.252 e. The summed E-state index contributed by atoms with van der Waals surface area (Å²) in [4.78, 5) is 13.9. The first-order valence-corrected chi connectivity index (χ1v) is 7.24. The van der Waals surface area contributed by atoms with Gasteiger partial charge in [-0.05, 0) is 43.2 Å². The summed E-state index contributed by atoms with van der Waals surface area (Å²) >= 11 is 1.49. The van der Waals surface area contributed by atoms with Crippen LogP contribution in [0.5, 0.6) is 0 Å². The molecule has 0 radical (unpaired) electrons. The molecule has 106 valence electrons. The Bertz CT molecular complexity index is 569. The van der Waals surface area contributed by atoms with Crippen LogP contribution in [0, 0.1) is 5.82 Å². The molecule has 0 bridgehead atoms. The summed E-state index contributed by atoms with van der Waals surface area (Å²) in [5.74, 6) is -0.368. The van der Waals surface area contributed by atoms with Crippen molar-refractivity contribution in [3.8, 4) is 0 Å². The number of hydrogen-bond acceptors (Lipinski definition) is 3. The highest BCUT2D eigenvalue weighted by Gasteiger charge is 2.16. The molecule has 0 fully saturated rings. The molecule has 1 aromatic carbocycles. The lowest BCUT2D eigenvalue weighted by Gasteiger charge is -2.25. The fourth-order valence-electron chi connectivity index (χ4n) is 2.00. The van der Waals surface area contributed by atoms with E-state index in [1.165, 1.54) is 23.5 Å². The topological polar surface area (TPSA) is 32.3 Å². The molecule has 3 nitrogen and oxygen atoms in total. The van der Waals surface area contributed by atoms with Crippen LogP contribution in [-0.4, -0.2) is 31.4 Å². The van der Waals surface area contributed by atoms with Crippen molar-refractivity contribution in [1.29, 1.82) is 0 Å². The monoisotopic (exact) mass is 292 g/mol. The van der Waals surface area contributed by atoms with Crippen LogP contribution in [-0.2, 0) is 0 Å². The Hall–Kier alpha value is -1.72. The normalized spacial score (nSPS) is 12.4. The molecule has 2 rings (SSSR count). The minimum atomic E-state index is -0.265. The van der Waals surface area contributed by atoms with Crippen LogP contribution in [0.2, 0.25) is 0 Å². The van der Waals surface area contributed by atoms with Gasteiger partial charge in [0.1, 0.15) is 5.82 Å². The molecule has 0 aliphatic carbocycles. The van der Waals surface area contributed by atoms with Crippen LogP contribution in [0.1, 0.15) is 22.0 Å². The fraction of sp³-hybridized carbons (Fsp3) is 0.267. The predicted molar refractivity (Wildman–Crippen MR) is 79.5 cm³/mol. The van der Waals surface area contributed by atoms with Crippen molar-refractivity contribution in [2.75, 3.05) is 20.6 Å². The first-order chi connectivity index (χ1) is 9.58. The van der Waals surface area contributed by atoms with Crippen molar-refractivity contribution in [1.82, 2.24) is 10.2 Å². The molecule has 1 N–H and O–H groups in total. The Morgan fingerprint density at radius 3 is 2.80 bits per heavy atom. The minimum absolute atomic E-state index is 0.0618. The third-order valence-corrected chi connectivity index (χ3v) is 3.78. The van der Waals surface area contributed by atoms with E-state index in [-0.39, 0.29) is 17.8 Å². The molecule has 0 unspecified atom stereocenters. The van der Waals surface area contributed by atoms with Crippen LogP contribution in [0.15, 0.2) is 41.1 Å². The molecule has 2 aromatic rings. The molecule has 1 heterocycles. The van der Waals surface area contributed by atoms with E-state index in [2.05, 4.69) is 5.32 Å². The van der Waals surface area contributed by atoms with E-state index in [0.717, 1.165) is 5.56 Å². The largest absolute Gasteiger partial charge is 0.350 e. The first kappa shape index (κ1) is 14.7. The zero-order valence-electron chi connectivity index (χ0n) is 11.5. The number of amides is 1. The van der Waals surface area contributed by atoms with Crippen LogP contribution in [0.25, 0.3) is 0 Å². The molecule has 1 aromatic heterocycles. The van der Waals surface area contributed by atoms with Crippen molar-refractivity contribution < 1.29 is 9.18 Å². The van der Waals surface area contributed by atoms with Crippen LogP contribution < -0.4 is 5.32 Å². The first-order valence-electron chi connectivity index (χ1n) is 6.30. The van der Waals surface area contributed by atoms with Gasteiger partial charge in [0.15, 0.2) is 0 Å². The molecule has 5 heteroatoms.